The van der Waals surface area contributed by atoms with Crippen molar-refractivity contribution in [2.75, 3.05) is 0 Å². The van der Waals surface area contributed by atoms with Crippen molar-refractivity contribution in [2.24, 2.45) is 5.92 Å². The van der Waals surface area contributed by atoms with Gasteiger partial charge in [0.1, 0.15) is 0 Å². The molecule has 0 bridgehead atoms. The van der Waals surface area contributed by atoms with Gasteiger partial charge in [0.2, 0.25) is 0 Å². The molecule has 2 rings (SSSR count). The number of rotatable bonds is 1. The fourth-order valence-electron chi connectivity index (χ4n) is 2.20. The first-order valence-electron chi connectivity index (χ1n) is 5.84. The maximum absolute atomic E-state index is 9.16. The topological polar surface area (TPSA) is 40.2 Å². The number of nitriles is 1. The Bertz CT molecular complexity index is 671. The van der Waals surface area contributed by atoms with E-state index in [1.165, 1.54) is 0 Å². The predicted molar refractivity (Wildman–Crippen MR) is 75.6 cm³/mol. The van der Waals surface area contributed by atoms with Gasteiger partial charge >= 0.3 is 0 Å². The molecule has 1 atom stereocenters. The second-order valence-corrected chi connectivity index (χ2v) is 4.76. The first kappa shape index (κ1) is 13.2. The minimum Gasteiger partial charge on any atom is -0.367 e. The molecular formula is C15H12ClN3. The Labute approximate surface area is 117 Å². The quantitative estimate of drug-likeness (QED) is 0.784. The first-order valence-corrected chi connectivity index (χ1v) is 6.22. The molecule has 4 heteroatoms. The van der Waals surface area contributed by atoms with Crippen molar-refractivity contribution in [2.45, 2.75) is 13.8 Å². The molecule has 3 nitrogen and oxygen atoms in total. The highest BCUT2D eigenvalue weighted by Crippen LogP contribution is 2.35. The minimum atomic E-state index is -0.213. The molecule has 1 heterocycles. The van der Waals surface area contributed by atoms with E-state index in [1.807, 2.05) is 32.0 Å². The summed E-state index contributed by atoms with van der Waals surface area (Å²) in [7, 11) is 0. The highest BCUT2D eigenvalue weighted by Gasteiger charge is 2.27. The number of dihydropyridines is 1. The Morgan fingerprint density at radius 1 is 1.42 bits per heavy atom. The summed E-state index contributed by atoms with van der Waals surface area (Å²) < 4.78 is 0. The van der Waals surface area contributed by atoms with E-state index >= 15 is 0 Å². The molecular weight excluding hydrogens is 258 g/mol. The summed E-state index contributed by atoms with van der Waals surface area (Å²) in [6.45, 7) is 11.1. The molecule has 19 heavy (non-hydrogen) atoms. The Morgan fingerprint density at radius 3 is 2.68 bits per heavy atom. The third-order valence-electron chi connectivity index (χ3n) is 3.20. The summed E-state index contributed by atoms with van der Waals surface area (Å²) in [4.78, 5) is 3.58. The molecule has 1 N–H and O–H groups in total. The fraction of sp³-hybridized carbons (Fsp3) is 0.200. The Hall–Kier alpha value is -2.23. The van der Waals surface area contributed by atoms with Crippen LogP contribution in [0, 0.1) is 23.8 Å². The molecule has 0 unspecified atom stereocenters. The van der Waals surface area contributed by atoms with Gasteiger partial charge < -0.3 is 5.32 Å². The highest BCUT2D eigenvalue weighted by molar-refractivity contribution is 6.32. The lowest BCUT2D eigenvalue weighted by Gasteiger charge is -2.25. The summed E-state index contributed by atoms with van der Waals surface area (Å²) >= 11 is 6.19. The van der Waals surface area contributed by atoms with Gasteiger partial charge in [-0.3, -0.25) is 0 Å². The zero-order chi connectivity index (χ0) is 14.0. The lowest BCUT2D eigenvalue weighted by molar-refractivity contribution is 0.786. The molecule has 0 spiro atoms. The summed E-state index contributed by atoms with van der Waals surface area (Å²) in [5.41, 5.74) is 3.39. The van der Waals surface area contributed by atoms with Crippen LogP contribution in [0.5, 0.6) is 0 Å². The fourth-order valence-corrected chi connectivity index (χ4v) is 2.43. The summed E-state index contributed by atoms with van der Waals surface area (Å²) in [6.07, 6.45) is 0. The molecule has 1 aromatic carbocycles. The van der Waals surface area contributed by atoms with Crippen LogP contribution in [0.25, 0.3) is 10.5 Å². The van der Waals surface area contributed by atoms with Crippen LogP contribution in [0.15, 0.2) is 41.2 Å². The van der Waals surface area contributed by atoms with Crippen molar-refractivity contribution in [1.82, 2.24) is 5.32 Å². The van der Waals surface area contributed by atoms with Gasteiger partial charge in [-0.2, -0.15) is 5.26 Å². The highest BCUT2D eigenvalue weighted by atomic mass is 35.5. The summed E-state index contributed by atoms with van der Waals surface area (Å²) in [5, 5.41) is 12.9. The zero-order valence-electron chi connectivity index (χ0n) is 10.7. The standard InChI is InChI=1S/C15H12ClN3/c1-9-12(8-17)10(2)19-15(14(9)18-3)11-6-4-5-7-13(11)16/h4-7,9,19H,1-2H3/t9-/m1/s1. The van der Waals surface area contributed by atoms with E-state index in [0.717, 1.165) is 11.3 Å². The molecule has 0 saturated carbocycles. The van der Waals surface area contributed by atoms with Gasteiger partial charge in [-0.05, 0) is 13.0 Å². The van der Waals surface area contributed by atoms with Gasteiger partial charge in [0, 0.05) is 33.5 Å². The van der Waals surface area contributed by atoms with Crippen LogP contribution in [0.3, 0.4) is 0 Å². The SMILES string of the molecule is [C-]#[N+]C1=C(c2ccccc2Cl)NC(C)=C(C#N)[C@H]1C. The van der Waals surface area contributed by atoms with Crippen LogP contribution in [-0.4, -0.2) is 0 Å². The molecule has 0 fully saturated rings. The van der Waals surface area contributed by atoms with Crippen molar-refractivity contribution in [3.8, 4) is 6.07 Å². The van der Waals surface area contributed by atoms with Crippen LogP contribution < -0.4 is 5.32 Å². The van der Waals surface area contributed by atoms with E-state index in [9.17, 15) is 0 Å². The second kappa shape index (κ2) is 5.18. The number of nitrogens with zero attached hydrogens (tertiary/aromatic N) is 2. The molecule has 0 radical (unpaired) electrons. The van der Waals surface area contributed by atoms with Crippen molar-refractivity contribution in [3.63, 3.8) is 0 Å². The number of hydrogen-bond acceptors (Lipinski definition) is 2. The van der Waals surface area contributed by atoms with Gasteiger partial charge in [-0.15, -0.1) is 0 Å². The van der Waals surface area contributed by atoms with Crippen LogP contribution in [0.1, 0.15) is 19.4 Å². The van der Waals surface area contributed by atoms with Crippen molar-refractivity contribution in [3.05, 3.63) is 63.2 Å². The van der Waals surface area contributed by atoms with E-state index < -0.39 is 0 Å². The minimum absolute atomic E-state index is 0.213. The van der Waals surface area contributed by atoms with Crippen molar-refractivity contribution >= 4 is 17.3 Å². The number of benzene rings is 1. The van der Waals surface area contributed by atoms with Crippen molar-refractivity contribution in [1.29, 1.82) is 5.26 Å². The molecule has 0 amide bonds. The maximum atomic E-state index is 9.16. The molecule has 94 valence electrons. The molecule has 1 aliphatic heterocycles. The number of halogens is 1. The second-order valence-electron chi connectivity index (χ2n) is 4.35. The third-order valence-corrected chi connectivity index (χ3v) is 3.53. The van der Waals surface area contributed by atoms with E-state index in [1.54, 1.807) is 6.07 Å². The van der Waals surface area contributed by atoms with Gasteiger partial charge in [-0.25, -0.2) is 4.85 Å². The average Bonchev–Trinajstić information content (AvgIpc) is 2.39. The predicted octanol–water partition coefficient (Wildman–Crippen LogP) is 3.96. The van der Waals surface area contributed by atoms with Gasteiger partial charge in [0.15, 0.2) is 5.70 Å². The van der Waals surface area contributed by atoms with Crippen LogP contribution >= 0.6 is 11.6 Å². The van der Waals surface area contributed by atoms with Gasteiger partial charge in [0.05, 0.1) is 12.6 Å². The van der Waals surface area contributed by atoms with Crippen LogP contribution in [0.4, 0.5) is 0 Å². The molecule has 0 saturated heterocycles. The summed E-state index contributed by atoms with van der Waals surface area (Å²) in [6, 6.07) is 9.54. The van der Waals surface area contributed by atoms with E-state index in [4.69, 9.17) is 23.4 Å². The number of nitrogens with one attached hydrogen (secondary N) is 1. The molecule has 1 aromatic rings. The maximum Gasteiger partial charge on any atom is 0.196 e. The molecule has 1 aliphatic rings. The molecule has 0 aromatic heterocycles. The zero-order valence-corrected chi connectivity index (χ0v) is 11.4. The smallest absolute Gasteiger partial charge is 0.196 e. The largest absolute Gasteiger partial charge is 0.367 e. The number of allylic oxidation sites excluding steroid dienone is 2. The third kappa shape index (κ3) is 2.21. The normalized spacial score (nSPS) is 18.7. The monoisotopic (exact) mass is 269 g/mol. The Morgan fingerprint density at radius 2 is 2.11 bits per heavy atom. The number of hydrogen-bond donors (Lipinski definition) is 1. The Kier molecular flexibility index (Phi) is 3.60. The average molecular weight is 270 g/mol. The lowest BCUT2D eigenvalue weighted by Crippen LogP contribution is -2.23. The van der Waals surface area contributed by atoms with E-state index in [2.05, 4.69) is 16.2 Å². The first-order chi connectivity index (χ1) is 9.10. The van der Waals surface area contributed by atoms with E-state index in [-0.39, 0.29) is 5.92 Å². The molecule has 0 aliphatic carbocycles. The lowest BCUT2D eigenvalue weighted by atomic mass is 9.90. The van der Waals surface area contributed by atoms with Gasteiger partial charge in [0.25, 0.3) is 0 Å². The Balaban J connectivity index is 2.61. The van der Waals surface area contributed by atoms with Gasteiger partial charge in [-0.1, -0.05) is 36.7 Å². The summed E-state index contributed by atoms with van der Waals surface area (Å²) in [5.74, 6) is -0.213. The van der Waals surface area contributed by atoms with Crippen LogP contribution in [0.2, 0.25) is 5.02 Å². The van der Waals surface area contributed by atoms with Crippen LogP contribution in [-0.2, 0) is 0 Å². The van der Waals surface area contributed by atoms with E-state index in [0.29, 0.717) is 22.0 Å². The van der Waals surface area contributed by atoms with Crippen molar-refractivity contribution < 1.29 is 0 Å².